The summed E-state index contributed by atoms with van der Waals surface area (Å²) in [5, 5.41) is 4.51. The van der Waals surface area contributed by atoms with Crippen LogP contribution in [0.25, 0.3) is 5.69 Å². The number of ether oxygens (including phenoxy) is 1. The quantitative estimate of drug-likeness (QED) is 0.322. The van der Waals surface area contributed by atoms with E-state index in [2.05, 4.69) is 5.10 Å². The molecule has 0 aliphatic heterocycles. The van der Waals surface area contributed by atoms with Gasteiger partial charge >= 0.3 is 0 Å². The van der Waals surface area contributed by atoms with Crippen LogP contribution in [0.4, 0.5) is 0 Å². The number of carbonyl (C=O) groups excluding carboxylic acids is 1. The second-order valence-electron chi connectivity index (χ2n) is 5.05. The Morgan fingerprint density at radius 3 is 2.60 bits per heavy atom. The van der Waals surface area contributed by atoms with Gasteiger partial charge in [-0.05, 0) is 55.5 Å². The lowest BCUT2D eigenvalue weighted by molar-refractivity contribution is 0.102. The number of aromatic nitrogens is 2. The molecule has 0 unspecified atom stereocenters. The minimum atomic E-state index is 0.0560. The highest BCUT2D eigenvalue weighted by atomic mass is 32.2. The summed E-state index contributed by atoms with van der Waals surface area (Å²) >= 11 is 8.19. The maximum Gasteiger partial charge on any atom is 0.184 e. The van der Waals surface area contributed by atoms with Crippen molar-refractivity contribution in [3.63, 3.8) is 0 Å². The average Bonchev–Trinajstić information content (AvgIpc) is 3.02. The summed E-state index contributed by atoms with van der Waals surface area (Å²) in [6, 6.07) is 17.0. The number of hydrogen-bond donors (Lipinski definition) is 0. The van der Waals surface area contributed by atoms with Gasteiger partial charge in [0.15, 0.2) is 14.1 Å². The van der Waals surface area contributed by atoms with Crippen molar-refractivity contribution in [2.45, 2.75) is 11.3 Å². The summed E-state index contributed by atoms with van der Waals surface area (Å²) in [7, 11) is 0. The molecule has 2 aromatic carbocycles. The highest BCUT2D eigenvalue weighted by Crippen LogP contribution is 2.25. The monoisotopic (exact) mass is 388 g/mol. The van der Waals surface area contributed by atoms with Crippen molar-refractivity contribution in [3.8, 4) is 11.4 Å². The molecule has 3 rings (SSSR count). The molecule has 7 heteroatoms. The van der Waals surface area contributed by atoms with E-state index >= 15 is 0 Å². The summed E-state index contributed by atoms with van der Waals surface area (Å²) in [6.45, 7) is 2.54. The van der Waals surface area contributed by atoms with Crippen molar-refractivity contribution in [1.29, 1.82) is 0 Å². The minimum absolute atomic E-state index is 0.0560. The molecule has 1 heterocycles. The third-order valence-electron chi connectivity index (χ3n) is 3.34. The number of ketones is 1. The summed E-state index contributed by atoms with van der Waals surface area (Å²) < 4.78 is 8.57. The Bertz CT molecular complexity index is 902. The fraction of sp³-hybridized carbons (Fsp3) is 0.167. The van der Waals surface area contributed by atoms with Gasteiger partial charge in [-0.2, -0.15) is 0 Å². The lowest BCUT2D eigenvalue weighted by Crippen LogP contribution is -2.02. The highest BCUT2D eigenvalue weighted by Gasteiger charge is 2.11. The third kappa shape index (κ3) is 4.56. The number of hydrogen-bond acceptors (Lipinski definition) is 6. The molecule has 0 bridgehead atoms. The molecule has 0 amide bonds. The molecule has 25 heavy (non-hydrogen) atoms. The summed E-state index contributed by atoms with van der Waals surface area (Å²) in [4.78, 5) is 12.3. The van der Waals surface area contributed by atoms with Crippen molar-refractivity contribution < 1.29 is 9.53 Å². The molecular weight excluding hydrogens is 372 g/mol. The standard InChI is InChI=1S/C18H16N2O2S3/c1-2-22-15-10-8-13(9-11-15)16(21)12-24-17-19-20(18(23)25-17)14-6-4-3-5-7-14/h3-11H,2,12H2,1H3. The second kappa shape index (κ2) is 8.42. The summed E-state index contributed by atoms with van der Waals surface area (Å²) in [5.41, 5.74) is 1.59. The first kappa shape index (κ1) is 17.8. The van der Waals surface area contributed by atoms with Crippen molar-refractivity contribution >= 4 is 41.1 Å². The Labute approximate surface area is 159 Å². The molecule has 0 radical (unpaired) electrons. The second-order valence-corrected chi connectivity index (χ2v) is 7.90. The van der Waals surface area contributed by atoms with Crippen LogP contribution in [0.5, 0.6) is 5.75 Å². The molecule has 1 aromatic heterocycles. The van der Waals surface area contributed by atoms with Crippen LogP contribution >= 0.6 is 35.3 Å². The van der Waals surface area contributed by atoms with Crippen LogP contribution in [0.1, 0.15) is 17.3 Å². The van der Waals surface area contributed by atoms with Gasteiger partial charge in [0.05, 0.1) is 18.0 Å². The molecular formula is C18H16N2O2S3. The number of rotatable bonds is 7. The van der Waals surface area contributed by atoms with Crippen molar-refractivity contribution in [2.75, 3.05) is 12.4 Å². The Kier molecular flexibility index (Phi) is 6.01. The van der Waals surface area contributed by atoms with Crippen LogP contribution < -0.4 is 4.74 Å². The first-order valence-corrected chi connectivity index (χ1v) is 9.93. The fourth-order valence-electron chi connectivity index (χ4n) is 2.17. The zero-order valence-electron chi connectivity index (χ0n) is 13.5. The van der Waals surface area contributed by atoms with Crippen molar-refractivity contribution in [2.24, 2.45) is 0 Å². The molecule has 3 aromatic rings. The number of carbonyl (C=O) groups is 1. The average molecular weight is 389 g/mol. The van der Waals surface area contributed by atoms with Crippen molar-refractivity contribution in [1.82, 2.24) is 9.78 Å². The van der Waals surface area contributed by atoms with E-state index in [1.54, 1.807) is 16.8 Å². The van der Waals surface area contributed by atoms with Gasteiger partial charge in [-0.25, -0.2) is 4.68 Å². The summed E-state index contributed by atoms with van der Waals surface area (Å²) in [5.74, 6) is 1.15. The SMILES string of the molecule is CCOc1ccc(C(=O)CSc2nn(-c3ccccc3)c(=S)s2)cc1. The topological polar surface area (TPSA) is 44.1 Å². The molecule has 128 valence electrons. The van der Waals surface area contributed by atoms with E-state index in [1.165, 1.54) is 23.1 Å². The maximum absolute atomic E-state index is 12.3. The highest BCUT2D eigenvalue weighted by molar-refractivity contribution is 8.01. The largest absolute Gasteiger partial charge is 0.494 e. The molecule has 0 saturated heterocycles. The van der Waals surface area contributed by atoms with Gasteiger partial charge in [-0.1, -0.05) is 41.3 Å². The first-order valence-electron chi connectivity index (χ1n) is 7.72. The Morgan fingerprint density at radius 1 is 1.20 bits per heavy atom. The Morgan fingerprint density at radius 2 is 1.92 bits per heavy atom. The lowest BCUT2D eigenvalue weighted by atomic mass is 10.1. The van der Waals surface area contributed by atoms with Gasteiger partial charge in [-0.3, -0.25) is 4.79 Å². The first-order chi connectivity index (χ1) is 12.2. The van der Waals surface area contributed by atoms with Gasteiger partial charge in [0.2, 0.25) is 0 Å². The zero-order valence-corrected chi connectivity index (χ0v) is 16.0. The number of nitrogens with zero attached hydrogens (tertiary/aromatic N) is 2. The number of para-hydroxylation sites is 1. The van der Waals surface area contributed by atoms with E-state index in [1.807, 2.05) is 49.4 Å². The van der Waals surface area contributed by atoms with Gasteiger partial charge in [0.1, 0.15) is 5.75 Å². The van der Waals surface area contributed by atoms with Gasteiger partial charge < -0.3 is 4.74 Å². The van der Waals surface area contributed by atoms with Crippen LogP contribution in [0.15, 0.2) is 58.9 Å². The minimum Gasteiger partial charge on any atom is -0.494 e. The van der Waals surface area contributed by atoms with Crippen molar-refractivity contribution in [3.05, 3.63) is 64.1 Å². The fourth-order valence-corrected chi connectivity index (χ4v) is 4.42. The van der Waals surface area contributed by atoms with Gasteiger partial charge in [0.25, 0.3) is 0 Å². The lowest BCUT2D eigenvalue weighted by Gasteiger charge is -2.04. The van der Waals surface area contributed by atoms with Crippen LogP contribution in [0, 0.1) is 3.95 Å². The van der Waals surface area contributed by atoms with E-state index in [0.717, 1.165) is 15.8 Å². The molecule has 0 atom stereocenters. The Hall–Kier alpha value is -1.96. The van der Waals surface area contributed by atoms with Crippen LogP contribution in [-0.2, 0) is 0 Å². The third-order valence-corrected chi connectivity index (χ3v) is 5.71. The van der Waals surface area contributed by atoms with E-state index < -0.39 is 0 Å². The van der Waals surface area contributed by atoms with E-state index in [4.69, 9.17) is 17.0 Å². The Balaban J connectivity index is 1.65. The van der Waals surface area contributed by atoms with Crippen LogP contribution in [0.3, 0.4) is 0 Å². The van der Waals surface area contributed by atoms with Gasteiger partial charge in [-0.15, -0.1) is 5.10 Å². The maximum atomic E-state index is 12.3. The van der Waals surface area contributed by atoms with E-state index in [9.17, 15) is 4.79 Å². The molecule has 0 aliphatic rings. The number of thioether (sulfide) groups is 1. The summed E-state index contributed by atoms with van der Waals surface area (Å²) in [6.07, 6.45) is 0. The predicted octanol–water partition coefficient (Wildman–Crippen LogP) is 5.04. The van der Waals surface area contributed by atoms with E-state index in [0.29, 0.717) is 21.9 Å². The van der Waals surface area contributed by atoms with Crippen LogP contribution in [0.2, 0.25) is 0 Å². The number of Topliss-reactive ketones (excluding diaryl/α,β-unsaturated/α-hetero) is 1. The normalized spacial score (nSPS) is 10.6. The van der Waals surface area contributed by atoms with E-state index in [-0.39, 0.29) is 5.78 Å². The van der Waals surface area contributed by atoms with Gasteiger partial charge in [0, 0.05) is 5.56 Å². The molecule has 0 N–H and O–H groups in total. The molecule has 0 saturated carbocycles. The molecule has 0 fully saturated rings. The molecule has 0 spiro atoms. The number of benzene rings is 2. The zero-order chi connectivity index (χ0) is 17.6. The molecule has 4 nitrogen and oxygen atoms in total. The predicted molar refractivity (Wildman–Crippen MR) is 105 cm³/mol. The molecule has 0 aliphatic carbocycles. The van der Waals surface area contributed by atoms with Crippen LogP contribution in [-0.4, -0.2) is 27.9 Å². The smallest absolute Gasteiger partial charge is 0.184 e.